The van der Waals surface area contributed by atoms with Crippen LogP contribution in [0.25, 0.3) is 0 Å². The quantitative estimate of drug-likeness (QED) is 0.201. The third kappa shape index (κ3) is 5.21. The highest BCUT2D eigenvalue weighted by molar-refractivity contribution is 14.1. The molecule has 5 nitrogen and oxygen atoms in total. The van der Waals surface area contributed by atoms with Gasteiger partial charge in [-0.1, -0.05) is 51.2 Å². The third-order valence-electron chi connectivity index (χ3n) is 6.44. The van der Waals surface area contributed by atoms with E-state index in [1.165, 1.54) is 36.2 Å². The number of hydrogen-bond donors (Lipinski definition) is 1. The largest absolute Gasteiger partial charge is 0.347 e. The molecule has 0 aromatic heterocycles. The van der Waals surface area contributed by atoms with Gasteiger partial charge in [-0.25, -0.2) is 0 Å². The van der Waals surface area contributed by atoms with Crippen LogP contribution in [-0.2, 0) is 15.5 Å². The summed E-state index contributed by atoms with van der Waals surface area (Å²) < 4.78 is 34.7. The summed E-state index contributed by atoms with van der Waals surface area (Å²) in [6.07, 6.45) is 14.0. The maximum atomic E-state index is 11.4. The summed E-state index contributed by atoms with van der Waals surface area (Å²) in [6.45, 7) is 6.50. The Morgan fingerprint density at radius 1 is 1.06 bits per heavy atom. The van der Waals surface area contributed by atoms with E-state index in [9.17, 15) is 13.0 Å². The molecule has 35 heavy (non-hydrogen) atoms. The minimum atomic E-state index is -4.23. The summed E-state index contributed by atoms with van der Waals surface area (Å²) in [6, 6.07) is 8.96. The highest BCUT2D eigenvalue weighted by atomic mass is 127. The van der Waals surface area contributed by atoms with Crippen LogP contribution in [0, 0.1) is 7.14 Å². The monoisotopic (exact) mass is 712 g/mol. The Morgan fingerprint density at radius 3 is 2.46 bits per heavy atom. The summed E-state index contributed by atoms with van der Waals surface area (Å²) in [4.78, 5) is 6.76. The van der Waals surface area contributed by atoms with Gasteiger partial charge in [-0.3, -0.25) is 9.55 Å². The molecule has 0 saturated carbocycles. The van der Waals surface area contributed by atoms with Crippen LogP contribution in [0.5, 0.6) is 0 Å². The average molecular weight is 712 g/mol. The summed E-state index contributed by atoms with van der Waals surface area (Å²) in [5.74, 6) is -0.0516. The molecule has 0 saturated heterocycles. The van der Waals surface area contributed by atoms with Crippen molar-refractivity contribution in [3.05, 3.63) is 96.8 Å². The van der Waals surface area contributed by atoms with Crippen LogP contribution in [0.4, 0.5) is 11.4 Å². The van der Waals surface area contributed by atoms with Gasteiger partial charge >= 0.3 is 0 Å². The molecular formula is C27H26I2N2O3S. The van der Waals surface area contributed by atoms with Gasteiger partial charge in [-0.15, -0.1) is 0 Å². The number of likely N-dealkylation sites (N-methyl/N-ethyl adjacent to an activating group) is 1. The zero-order valence-corrected chi connectivity index (χ0v) is 25.0. The van der Waals surface area contributed by atoms with Crippen LogP contribution in [0.1, 0.15) is 37.8 Å². The number of nitrogens with zero attached hydrogens (tertiary/aromatic N) is 2. The number of hydrogen-bond acceptors (Lipinski definition) is 4. The first-order chi connectivity index (χ1) is 16.4. The Labute approximate surface area is 234 Å². The van der Waals surface area contributed by atoms with E-state index >= 15 is 0 Å². The summed E-state index contributed by atoms with van der Waals surface area (Å²) in [5.41, 5.74) is 6.19. The fraction of sp³-hybridized carbons (Fsp3) is 0.222. The fourth-order valence-corrected chi connectivity index (χ4v) is 7.66. The Bertz CT molecular complexity index is 1450. The minimum absolute atomic E-state index is 0.0516. The molecule has 0 bridgehead atoms. The van der Waals surface area contributed by atoms with Crippen molar-refractivity contribution in [1.82, 2.24) is 0 Å². The second-order valence-corrected chi connectivity index (χ2v) is 12.9. The van der Waals surface area contributed by atoms with Crippen LogP contribution in [0.2, 0.25) is 0 Å². The molecule has 182 valence electrons. The Balaban J connectivity index is 1.43. The average Bonchev–Trinajstić information content (AvgIpc) is 3.17. The molecule has 0 radical (unpaired) electrons. The van der Waals surface area contributed by atoms with Gasteiger partial charge in [0.1, 0.15) is 0 Å². The fourth-order valence-electron chi connectivity index (χ4n) is 4.65. The molecule has 8 heteroatoms. The van der Waals surface area contributed by atoms with Crippen molar-refractivity contribution >= 4 is 72.4 Å². The summed E-state index contributed by atoms with van der Waals surface area (Å²) in [5, 5.41) is 0. The maximum Gasteiger partial charge on any atom is 0.294 e. The zero-order valence-electron chi connectivity index (χ0n) is 19.8. The van der Waals surface area contributed by atoms with Gasteiger partial charge in [0.05, 0.1) is 10.6 Å². The topological polar surface area (TPSA) is 70.0 Å². The van der Waals surface area contributed by atoms with E-state index in [1.807, 2.05) is 37.3 Å². The first-order valence-electron chi connectivity index (χ1n) is 11.1. The summed E-state index contributed by atoms with van der Waals surface area (Å²) >= 11 is 4.81. The lowest BCUT2D eigenvalue weighted by molar-refractivity contribution is 0.483. The molecule has 2 aliphatic heterocycles. The standard InChI is InChI=1S/C27H26I2N2O3S/c1-17-20-16-19(35(32,33)34)12-13-23(20)30-22(17)10-8-6-5-7-9-11-25-27(2,3)26-21(29)14-18(28)15-24(26)31(25)4/h5-17H,1-4H3,(H,32,33,34)/b6-5+,9-7+,10-8+,25-11-. The molecule has 2 heterocycles. The molecule has 2 aliphatic rings. The number of rotatable bonds is 5. The van der Waals surface area contributed by atoms with E-state index < -0.39 is 10.1 Å². The Hall–Kier alpha value is -1.76. The molecule has 1 N–H and O–H groups in total. The van der Waals surface area contributed by atoms with Crippen molar-refractivity contribution in [3.63, 3.8) is 0 Å². The molecule has 1 atom stereocenters. The first-order valence-corrected chi connectivity index (χ1v) is 14.7. The number of benzene rings is 2. The zero-order chi connectivity index (χ0) is 25.5. The molecule has 2 aromatic carbocycles. The highest BCUT2D eigenvalue weighted by Gasteiger charge is 2.40. The molecule has 0 spiro atoms. The molecule has 4 rings (SSSR count). The van der Waals surface area contributed by atoms with Crippen molar-refractivity contribution in [1.29, 1.82) is 0 Å². The SMILES string of the molecule is CC1C(/C=C/C=C/C=C/C=C2\N(C)c3cc(I)cc(I)c3C2(C)C)=Nc2ccc(S(=O)(=O)O)cc21. The van der Waals surface area contributed by atoms with E-state index in [0.717, 1.165) is 17.0 Å². The van der Waals surface area contributed by atoms with Gasteiger partial charge in [0.15, 0.2) is 0 Å². The molecule has 0 amide bonds. The first kappa shape index (κ1) is 26.3. The predicted octanol–water partition coefficient (Wildman–Crippen LogP) is 7.31. The third-order valence-corrected chi connectivity index (χ3v) is 8.77. The van der Waals surface area contributed by atoms with Crippen molar-refractivity contribution in [2.75, 3.05) is 11.9 Å². The molecular weight excluding hydrogens is 686 g/mol. The number of halogens is 2. The van der Waals surface area contributed by atoms with Gasteiger partial charge in [0.2, 0.25) is 0 Å². The maximum absolute atomic E-state index is 11.4. The van der Waals surface area contributed by atoms with E-state index in [0.29, 0.717) is 0 Å². The van der Waals surface area contributed by atoms with Gasteiger partial charge in [-0.2, -0.15) is 8.42 Å². The lowest BCUT2D eigenvalue weighted by Crippen LogP contribution is -2.23. The molecule has 0 aliphatic carbocycles. The van der Waals surface area contributed by atoms with Crippen LogP contribution in [0.15, 0.2) is 88.4 Å². The summed E-state index contributed by atoms with van der Waals surface area (Å²) in [7, 11) is -2.10. The normalized spacial score (nSPS) is 20.4. The number of anilines is 1. The van der Waals surface area contributed by atoms with Gasteiger partial charge in [0, 0.05) is 48.2 Å². The number of aliphatic imine (C=N–C) groups is 1. The van der Waals surface area contributed by atoms with E-state index in [1.54, 1.807) is 6.07 Å². The van der Waals surface area contributed by atoms with Crippen molar-refractivity contribution < 1.29 is 13.0 Å². The Kier molecular flexibility index (Phi) is 7.48. The molecule has 1 unspecified atom stereocenters. The number of fused-ring (bicyclic) bond motifs is 2. The van der Waals surface area contributed by atoms with Crippen molar-refractivity contribution in [2.24, 2.45) is 4.99 Å². The lowest BCUT2D eigenvalue weighted by Gasteiger charge is -2.24. The highest BCUT2D eigenvalue weighted by Crippen LogP contribution is 2.49. The van der Waals surface area contributed by atoms with E-state index in [2.05, 4.69) is 100 Å². The van der Waals surface area contributed by atoms with Crippen LogP contribution < -0.4 is 4.90 Å². The smallest absolute Gasteiger partial charge is 0.294 e. The van der Waals surface area contributed by atoms with Crippen LogP contribution >= 0.6 is 45.2 Å². The van der Waals surface area contributed by atoms with Crippen LogP contribution in [-0.4, -0.2) is 25.7 Å². The Morgan fingerprint density at radius 2 is 1.74 bits per heavy atom. The van der Waals surface area contributed by atoms with Gasteiger partial charge < -0.3 is 4.90 Å². The lowest BCUT2D eigenvalue weighted by atomic mass is 9.84. The van der Waals surface area contributed by atoms with Crippen molar-refractivity contribution in [3.8, 4) is 0 Å². The second-order valence-electron chi connectivity index (χ2n) is 9.10. The minimum Gasteiger partial charge on any atom is -0.347 e. The molecule has 0 fully saturated rings. The molecule has 2 aromatic rings. The van der Waals surface area contributed by atoms with Crippen LogP contribution in [0.3, 0.4) is 0 Å². The second kappa shape index (κ2) is 9.95. The van der Waals surface area contributed by atoms with E-state index in [-0.39, 0.29) is 16.2 Å². The van der Waals surface area contributed by atoms with Gasteiger partial charge in [0.25, 0.3) is 10.1 Å². The van der Waals surface area contributed by atoms with Crippen molar-refractivity contribution in [2.45, 2.75) is 37.0 Å². The van der Waals surface area contributed by atoms with E-state index in [4.69, 9.17) is 0 Å². The number of allylic oxidation sites excluding steroid dienone is 8. The van der Waals surface area contributed by atoms with Gasteiger partial charge in [-0.05, 0) is 93.2 Å². The predicted molar refractivity (Wildman–Crippen MR) is 161 cm³/mol.